The van der Waals surface area contributed by atoms with Gasteiger partial charge in [0, 0.05) is 0 Å². The lowest BCUT2D eigenvalue weighted by Crippen LogP contribution is -2.13. The summed E-state index contributed by atoms with van der Waals surface area (Å²) >= 11 is 4.63. The number of rotatable bonds is 5. The van der Waals surface area contributed by atoms with E-state index in [0.717, 1.165) is 17.5 Å². The van der Waals surface area contributed by atoms with Crippen LogP contribution in [0.3, 0.4) is 0 Å². The lowest BCUT2D eigenvalue weighted by Gasteiger charge is -2.28. The summed E-state index contributed by atoms with van der Waals surface area (Å²) in [4.78, 5) is 4.01. The first-order valence-electron chi connectivity index (χ1n) is 7.62. The molecule has 1 nitrogen and oxygen atoms in total. The molecule has 1 fully saturated rings. The molecule has 20 heavy (non-hydrogen) atoms. The van der Waals surface area contributed by atoms with Crippen molar-refractivity contribution in [1.29, 1.82) is 0 Å². The molecule has 1 saturated carbocycles. The molecule has 1 aromatic carbocycles. The normalized spacial score (nSPS) is 22.6. The number of hydrogen-bond donors (Lipinski definition) is 0. The Labute approximate surface area is 127 Å². The smallest absolute Gasteiger partial charge is 0.0739 e. The number of hydrogen-bond acceptors (Lipinski definition) is 2. The zero-order valence-corrected chi connectivity index (χ0v) is 13.0. The summed E-state index contributed by atoms with van der Waals surface area (Å²) in [6.07, 6.45) is 12.5. The van der Waals surface area contributed by atoms with Crippen LogP contribution in [0.25, 0.3) is 0 Å². The third-order valence-corrected chi connectivity index (χ3v) is 4.45. The predicted molar refractivity (Wildman–Crippen MR) is 89.9 cm³/mol. The highest BCUT2D eigenvalue weighted by Gasteiger charge is 2.21. The highest BCUT2D eigenvalue weighted by atomic mass is 32.1. The summed E-state index contributed by atoms with van der Waals surface area (Å²) in [7, 11) is 0. The molecule has 1 aromatic rings. The average molecular weight is 285 g/mol. The maximum absolute atomic E-state index is 4.63. The molecule has 0 atom stereocenters. The number of thiocarbonyl (C=S) groups is 1. The molecule has 2 rings (SSSR count). The molecule has 0 unspecified atom stereocenters. The van der Waals surface area contributed by atoms with Crippen molar-refractivity contribution in [2.75, 3.05) is 0 Å². The van der Waals surface area contributed by atoms with E-state index in [1.807, 2.05) is 12.1 Å². The summed E-state index contributed by atoms with van der Waals surface area (Å²) < 4.78 is 0. The Balaban J connectivity index is 1.85. The minimum Gasteiger partial charge on any atom is -0.195 e. The van der Waals surface area contributed by atoms with Gasteiger partial charge in [0.1, 0.15) is 0 Å². The Morgan fingerprint density at radius 1 is 1.20 bits per heavy atom. The third-order valence-electron chi connectivity index (χ3n) is 4.36. The molecule has 0 heterocycles. The molecule has 0 N–H and O–H groups in total. The lowest BCUT2D eigenvalue weighted by molar-refractivity contribution is 0.312. The Bertz CT molecular complexity index is 475. The fourth-order valence-electron chi connectivity index (χ4n) is 3.16. The largest absolute Gasteiger partial charge is 0.195 e. The highest BCUT2D eigenvalue weighted by Crippen LogP contribution is 2.37. The van der Waals surface area contributed by atoms with E-state index in [-0.39, 0.29) is 0 Å². The maximum atomic E-state index is 4.63. The van der Waals surface area contributed by atoms with Crippen LogP contribution in [0.2, 0.25) is 0 Å². The Morgan fingerprint density at radius 2 is 1.90 bits per heavy atom. The fourth-order valence-corrected chi connectivity index (χ4v) is 3.26. The molecule has 0 spiro atoms. The predicted octanol–water partition coefficient (Wildman–Crippen LogP) is 6.05. The summed E-state index contributed by atoms with van der Waals surface area (Å²) in [6.45, 7) is 2.11. The van der Waals surface area contributed by atoms with E-state index in [2.05, 4.69) is 53.6 Å². The zero-order valence-electron chi connectivity index (χ0n) is 12.2. The number of benzene rings is 1. The molecule has 1 aliphatic rings. The van der Waals surface area contributed by atoms with Gasteiger partial charge in [-0.3, -0.25) is 0 Å². The van der Waals surface area contributed by atoms with Crippen molar-refractivity contribution in [1.82, 2.24) is 0 Å². The van der Waals surface area contributed by atoms with Gasteiger partial charge in [-0.25, -0.2) is 0 Å². The van der Waals surface area contributed by atoms with E-state index in [4.69, 9.17) is 0 Å². The standard InChI is InChI=1S/C18H23NS/c1-2-3-4-5-15-6-8-16(9-7-15)17-10-12-18(13-11-17)19-14-20/h2-3,10-13,15-16H,4-9H2,1H3. The lowest BCUT2D eigenvalue weighted by atomic mass is 9.77. The maximum Gasteiger partial charge on any atom is 0.0739 e. The van der Waals surface area contributed by atoms with E-state index in [1.54, 1.807) is 0 Å². The second-order valence-electron chi connectivity index (χ2n) is 5.66. The number of aliphatic imine (C=N–C) groups is 1. The second kappa shape index (κ2) is 8.14. The van der Waals surface area contributed by atoms with E-state index in [9.17, 15) is 0 Å². The van der Waals surface area contributed by atoms with Crippen molar-refractivity contribution >= 4 is 23.1 Å². The van der Waals surface area contributed by atoms with Crippen LogP contribution in [-0.2, 0) is 0 Å². The van der Waals surface area contributed by atoms with Crippen molar-refractivity contribution < 1.29 is 0 Å². The van der Waals surface area contributed by atoms with Crippen molar-refractivity contribution in [3.63, 3.8) is 0 Å². The van der Waals surface area contributed by atoms with Gasteiger partial charge < -0.3 is 0 Å². The van der Waals surface area contributed by atoms with E-state index in [0.29, 0.717) is 0 Å². The summed E-state index contributed by atoms with van der Waals surface area (Å²) in [6, 6.07) is 8.51. The van der Waals surface area contributed by atoms with Crippen molar-refractivity contribution in [2.24, 2.45) is 10.9 Å². The molecule has 0 aromatic heterocycles. The highest BCUT2D eigenvalue weighted by molar-refractivity contribution is 7.78. The van der Waals surface area contributed by atoms with Gasteiger partial charge in [0.25, 0.3) is 0 Å². The van der Waals surface area contributed by atoms with Gasteiger partial charge in [-0.2, -0.15) is 4.99 Å². The summed E-state index contributed by atoms with van der Waals surface area (Å²) in [5.74, 6) is 1.67. The first kappa shape index (κ1) is 15.2. The molecule has 106 valence electrons. The quantitative estimate of drug-likeness (QED) is 0.364. The monoisotopic (exact) mass is 285 g/mol. The topological polar surface area (TPSA) is 12.4 Å². The van der Waals surface area contributed by atoms with Gasteiger partial charge in [0.15, 0.2) is 0 Å². The first-order valence-corrected chi connectivity index (χ1v) is 8.03. The molecule has 0 radical (unpaired) electrons. The van der Waals surface area contributed by atoms with Gasteiger partial charge >= 0.3 is 0 Å². The second-order valence-corrected chi connectivity index (χ2v) is 5.84. The summed E-state index contributed by atoms with van der Waals surface area (Å²) in [5.41, 5.74) is 2.36. The number of isothiocyanates is 1. The molecule has 0 aliphatic heterocycles. The Kier molecular flexibility index (Phi) is 6.17. The van der Waals surface area contributed by atoms with Gasteiger partial charge in [0.05, 0.1) is 10.8 Å². The average Bonchev–Trinajstić information content (AvgIpc) is 2.49. The molecule has 2 heteroatoms. The van der Waals surface area contributed by atoms with Crippen LogP contribution >= 0.6 is 12.2 Å². The van der Waals surface area contributed by atoms with Gasteiger partial charge in [0.2, 0.25) is 0 Å². The van der Waals surface area contributed by atoms with E-state index in [1.165, 1.54) is 44.1 Å². The van der Waals surface area contributed by atoms with E-state index < -0.39 is 0 Å². The van der Waals surface area contributed by atoms with Crippen LogP contribution in [0, 0.1) is 5.92 Å². The zero-order chi connectivity index (χ0) is 14.2. The molecule has 0 saturated heterocycles. The van der Waals surface area contributed by atoms with Crippen LogP contribution in [0.15, 0.2) is 41.4 Å². The van der Waals surface area contributed by atoms with Crippen molar-refractivity contribution in [3.05, 3.63) is 42.0 Å². The van der Waals surface area contributed by atoms with Crippen LogP contribution in [0.4, 0.5) is 5.69 Å². The van der Waals surface area contributed by atoms with Crippen LogP contribution in [-0.4, -0.2) is 5.16 Å². The van der Waals surface area contributed by atoms with Crippen LogP contribution < -0.4 is 0 Å². The molecule has 0 bridgehead atoms. The number of nitrogens with zero attached hydrogens (tertiary/aromatic N) is 1. The Morgan fingerprint density at radius 3 is 2.50 bits per heavy atom. The summed E-state index contributed by atoms with van der Waals surface area (Å²) in [5, 5.41) is 2.42. The minimum absolute atomic E-state index is 0.735. The van der Waals surface area contributed by atoms with Gasteiger partial charge in [-0.05, 0) is 87.2 Å². The minimum atomic E-state index is 0.735. The fraction of sp³-hybridized carbons (Fsp3) is 0.500. The van der Waals surface area contributed by atoms with Gasteiger partial charge in [-0.15, -0.1) is 0 Å². The van der Waals surface area contributed by atoms with Crippen LogP contribution in [0.5, 0.6) is 0 Å². The molecule has 0 amide bonds. The van der Waals surface area contributed by atoms with Crippen molar-refractivity contribution in [3.8, 4) is 0 Å². The first-order chi connectivity index (χ1) is 9.83. The molecular formula is C18H23NS. The molecule has 1 aliphatic carbocycles. The third kappa shape index (κ3) is 4.40. The van der Waals surface area contributed by atoms with Crippen molar-refractivity contribution in [2.45, 2.75) is 51.4 Å². The van der Waals surface area contributed by atoms with Crippen LogP contribution in [0.1, 0.15) is 56.9 Å². The molecular weight excluding hydrogens is 262 g/mol. The Hall–Kier alpha value is -1.24. The van der Waals surface area contributed by atoms with E-state index >= 15 is 0 Å². The SMILES string of the molecule is CC=CCCC1CCC(c2ccc(N=C=S)cc2)CC1. The van der Waals surface area contributed by atoms with Gasteiger partial charge in [-0.1, -0.05) is 24.3 Å². The number of allylic oxidation sites excluding steroid dienone is 2.